The minimum absolute atomic E-state index is 0. The normalized spacial score (nSPS) is 30.4. The number of allylic oxidation sites excluding steroid dienone is 3. The fourth-order valence-electron chi connectivity index (χ4n) is 5.42. The maximum Gasteiger partial charge on any atom is 0.122 e. The Balaban J connectivity index is 0.00000256. The van der Waals surface area contributed by atoms with E-state index in [0.29, 0.717) is 18.4 Å². The van der Waals surface area contributed by atoms with Crippen molar-refractivity contribution in [2.45, 2.75) is 82.5 Å². The first-order chi connectivity index (χ1) is 14.5. The van der Waals surface area contributed by atoms with Gasteiger partial charge in [-0.2, -0.15) is 0 Å². The number of methoxy groups -OCH3 is 1. The van der Waals surface area contributed by atoms with E-state index in [-0.39, 0.29) is 22.4 Å². The summed E-state index contributed by atoms with van der Waals surface area (Å²) < 4.78 is 18.8. The van der Waals surface area contributed by atoms with Crippen molar-refractivity contribution in [2.24, 2.45) is 17.8 Å². The van der Waals surface area contributed by atoms with E-state index in [2.05, 4.69) is 24.1 Å². The van der Waals surface area contributed by atoms with Gasteiger partial charge in [0.25, 0.3) is 0 Å². The summed E-state index contributed by atoms with van der Waals surface area (Å²) in [7, 11) is 1.81. The van der Waals surface area contributed by atoms with E-state index in [0.717, 1.165) is 44.2 Å². The molecule has 0 aromatic heterocycles. The lowest BCUT2D eigenvalue weighted by atomic mass is 9.74. The van der Waals surface area contributed by atoms with Gasteiger partial charge in [-0.3, -0.25) is 0 Å². The van der Waals surface area contributed by atoms with Crippen LogP contribution in [0.5, 0.6) is 0 Å². The van der Waals surface area contributed by atoms with Gasteiger partial charge in [-0.15, -0.1) is 11.6 Å². The van der Waals surface area contributed by atoms with Gasteiger partial charge < -0.3 is 25.9 Å². The first-order valence-corrected chi connectivity index (χ1v) is 12.5. The minimum atomic E-state index is -0.793. The summed E-state index contributed by atoms with van der Waals surface area (Å²) in [5.41, 5.74) is 1.26. The molecule has 32 heavy (non-hydrogen) atoms. The highest BCUT2D eigenvalue weighted by atomic mass is 35.5. The number of nitrogens with one attached hydrogen (secondary N) is 1. The lowest BCUT2D eigenvalue weighted by Crippen LogP contribution is -2.48. The zero-order valence-corrected chi connectivity index (χ0v) is 20.9. The van der Waals surface area contributed by atoms with Crippen LogP contribution in [0.4, 0.5) is 4.39 Å². The van der Waals surface area contributed by atoms with Gasteiger partial charge in [-0.05, 0) is 75.9 Å². The Hall–Kier alpha value is -0.500. The smallest absolute Gasteiger partial charge is 0.122 e. The SMILES string of the molecule is COC1CC(C2CCN(C[C@H](NCCC3=CCC(F)C=C3)C(C)C)CC2)CCC1Cl.O.O. The predicted octanol–water partition coefficient (Wildman–Crippen LogP) is 3.70. The molecule has 0 radical (unpaired) electrons. The van der Waals surface area contributed by atoms with E-state index in [1.165, 1.54) is 37.9 Å². The molecule has 7 heteroatoms. The molecule has 3 rings (SSSR count). The molecule has 2 fully saturated rings. The Bertz CT molecular complexity index is 582. The van der Waals surface area contributed by atoms with Gasteiger partial charge in [0.2, 0.25) is 0 Å². The van der Waals surface area contributed by atoms with Crippen LogP contribution in [0.25, 0.3) is 0 Å². The molecular weight excluding hydrogens is 431 g/mol. The minimum Gasteiger partial charge on any atom is -0.412 e. The maximum absolute atomic E-state index is 13.2. The standard InChI is InChI=1S/C25H42ClFN2O.2H2O/c1-18(2)24(28-13-10-19-4-7-22(27)8-5-19)17-29-14-11-20(12-15-29)21-6-9-23(26)25(16-21)30-3;;/h4-5,7,18,20-25,28H,6,8-17H2,1-3H3;2*1H2/t21?,22?,23?,24-,25?;;/m0../s1. The van der Waals surface area contributed by atoms with Crippen LogP contribution in [0.15, 0.2) is 23.8 Å². The van der Waals surface area contributed by atoms with Gasteiger partial charge in [0, 0.05) is 26.1 Å². The molecule has 5 nitrogen and oxygen atoms in total. The number of halogens is 2. The van der Waals surface area contributed by atoms with E-state index in [9.17, 15) is 4.39 Å². The molecule has 4 unspecified atom stereocenters. The number of likely N-dealkylation sites (tertiary alicyclic amines) is 1. The van der Waals surface area contributed by atoms with Crippen molar-refractivity contribution in [3.8, 4) is 0 Å². The van der Waals surface area contributed by atoms with E-state index in [1.807, 2.05) is 19.3 Å². The van der Waals surface area contributed by atoms with Gasteiger partial charge in [0.15, 0.2) is 0 Å². The van der Waals surface area contributed by atoms with Crippen LogP contribution in [0, 0.1) is 17.8 Å². The highest BCUT2D eigenvalue weighted by Crippen LogP contribution is 2.38. The van der Waals surface area contributed by atoms with Crippen LogP contribution < -0.4 is 5.32 Å². The number of nitrogens with zero attached hydrogens (tertiary/aromatic N) is 1. The number of ether oxygens (including phenoxy) is 1. The van der Waals surface area contributed by atoms with Crippen LogP contribution in [0.3, 0.4) is 0 Å². The predicted molar refractivity (Wildman–Crippen MR) is 132 cm³/mol. The molecule has 1 saturated carbocycles. The summed E-state index contributed by atoms with van der Waals surface area (Å²) >= 11 is 6.43. The van der Waals surface area contributed by atoms with Crippen LogP contribution in [-0.4, -0.2) is 72.8 Å². The second kappa shape index (κ2) is 14.7. The average Bonchev–Trinajstić information content (AvgIpc) is 2.75. The number of piperidine rings is 1. The van der Waals surface area contributed by atoms with Gasteiger partial charge in [-0.25, -0.2) is 4.39 Å². The van der Waals surface area contributed by atoms with Crippen LogP contribution in [-0.2, 0) is 4.74 Å². The summed E-state index contributed by atoms with van der Waals surface area (Å²) in [6, 6.07) is 0.508. The van der Waals surface area contributed by atoms with Gasteiger partial charge >= 0.3 is 0 Å². The molecule has 2 aliphatic carbocycles. The highest BCUT2D eigenvalue weighted by Gasteiger charge is 2.35. The summed E-state index contributed by atoms with van der Waals surface area (Å²) in [5, 5.41) is 3.97. The molecule has 3 aliphatic rings. The van der Waals surface area contributed by atoms with Crippen molar-refractivity contribution in [1.29, 1.82) is 0 Å². The van der Waals surface area contributed by atoms with E-state index >= 15 is 0 Å². The molecular formula is C25H46ClFN2O3. The van der Waals surface area contributed by atoms with Gasteiger partial charge in [0.1, 0.15) is 6.17 Å². The summed E-state index contributed by atoms with van der Waals surface area (Å²) in [5.74, 6) is 2.22. The van der Waals surface area contributed by atoms with Crippen molar-refractivity contribution < 1.29 is 20.1 Å². The quantitative estimate of drug-likeness (QED) is 0.514. The van der Waals surface area contributed by atoms with Crippen molar-refractivity contribution in [1.82, 2.24) is 10.2 Å². The second-order valence-electron chi connectivity index (χ2n) is 9.95. The third-order valence-corrected chi connectivity index (χ3v) is 8.06. The lowest BCUT2D eigenvalue weighted by Gasteiger charge is -2.41. The Morgan fingerprint density at radius 2 is 1.88 bits per heavy atom. The third-order valence-electron chi connectivity index (χ3n) is 7.56. The monoisotopic (exact) mass is 476 g/mol. The topological polar surface area (TPSA) is 87.5 Å². The Morgan fingerprint density at radius 1 is 1.16 bits per heavy atom. The fraction of sp³-hybridized carbons (Fsp3) is 0.840. The zero-order valence-electron chi connectivity index (χ0n) is 20.2. The van der Waals surface area contributed by atoms with Gasteiger partial charge in [0.05, 0.1) is 11.5 Å². The summed E-state index contributed by atoms with van der Waals surface area (Å²) in [6.07, 6.45) is 12.8. The molecule has 0 bridgehead atoms. The molecule has 188 valence electrons. The number of hydrogen-bond acceptors (Lipinski definition) is 3. The van der Waals surface area contributed by atoms with E-state index in [1.54, 1.807) is 6.08 Å². The fourth-order valence-corrected chi connectivity index (χ4v) is 5.75. The van der Waals surface area contributed by atoms with Crippen molar-refractivity contribution in [3.05, 3.63) is 23.8 Å². The van der Waals surface area contributed by atoms with Crippen molar-refractivity contribution >= 4 is 11.6 Å². The maximum atomic E-state index is 13.2. The molecule has 0 aromatic carbocycles. The van der Waals surface area contributed by atoms with E-state index < -0.39 is 6.17 Å². The van der Waals surface area contributed by atoms with Crippen LogP contribution in [0.2, 0.25) is 0 Å². The molecule has 1 saturated heterocycles. The second-order valence-corrected chi connectivity index (χ2v) is 10.5. The molecule has 1 aliphatic heterocycles. The molecule has 0 amide bonds. The van der Waals surface area contributed by atoms with Crippen molar-refractivity contribution in [2.75, 3.05) is 33.3 Å². The average molecular weight is 477 g/mol. The highest BCUT2D eigenvalue weighted by molar-refractivity contribution is 6.21. The number of rotatable bonds is 9. The number of alkyl halides is 2. The Labute approximate surface area is 199 Å². The Kier molecular flexibility index (Phi) is 13.6. The van der Waals surface area contributed by atoms with E-state index in [4.69, 9.17) is 16.3 Å². The third kappa shape index (κ3) is 8.69. The first-order valence-electron chi connectivity index (χ1n) is 12.1. The molecule has 1 heterocycles. The largest absolute Gasteiger partial charge is 0.412 e. The summed E-state index contributed by atoms with van der Waals surface area (Å²) in [4.78, 5) is 2.66. The Morgan fingerprint density at radius 3 is 2.47 bits per heavy atom. The number of hydrogen-bond donors (Lipinski definition) is 1. The molecule has 0 spiro atoms. The molecule has 0 aromatic rings. The van der Waals surface area contributed by atoms with Crippen molar-refractivity contribution in [3.63, 3.8) is 0 Å². The van der Waals surface area contributed by atoms with Crippen LogP contribution >= 0.6 is 11.6 Å². The van der Waals surface area contributed by atoms with Gasteiger partial charge in [-0.1, -0.05) is 37.6 Å². The zero-order chi connectivity index (χ0) is 21.5. The lowest BCUT2D eigenvalue weighted by molar-refractivity contribution is 0.0267. The van der Waals surface area contributed by atoms with Crippen LogP contribution in [0.1, 0.15) is 58.8 Å². The first kappa shape index (κ1) is 29.5. The molecule has 5 atom stereocenters. The summed E-state index contributed by atoms with van der Waals surface area (Å²) in [6.45, 7) is 9.13. The molecule has 5 N–H and O–H groups in total.